The van der Waals surface area contributed by atoms with Gasteiger partial charge in [-0.1, -0.05) is 0 Å². The van der Waals surface area contributed by atoms with E-state index in [2.05, 4.69) is 31.9 Å². The van der Waals surface area contributed by atoms with Crippen LogP contribution in [0.15, 0.2) is 0 Å². The molecule has 145 heavy (non-hydrogen) atoms. The second-order valence-corrected chi connectivity index (χ2v) is 36.5. The molecule has 10 heterocycles. The van der Waals surface area contributed by atoms with Crippen LogP contribution in [0.5, 0.6) is 0 Å². The lowest BCUT2D eigenvalue weighted by molar-refractivity contribution is -0.408. The van der Waals surface area contributed by atoms with Crippen molar-refractivity contribution in [2.75, 3.05) is 72.7 Å². The molecule has 0 unspecified atom stereocenters. The maximum atomic E-state index is 13.5. The van der Waals surface area contributed by atoms with Gasteiger partial charge < -0.3 is 285 Å². The Hall–Kier alpha value is -5.71. The van der Waals surface area contributed by atoms with Crippen LogP contribution in [0, 0.1) is 0 Å². The number of aliphatic hydroxyl groups excluding tert-OH is 30. The lowest BCUT2D eigenvalue weighted by Gasteiger charge is -2.52. The number of rotatable bonds is 43. The first-order chi connectivity index (χ1) is 68.3. The van der Waals surface area contributed by atoms with Gasteiger partial charge in [-0.25, -0.2) is 4.79 Å². The van der Waals surface area contributed by atoms with Crippen LogP contribution in [0.4, 0.5) is 0 Å². The molecule has 0 aromatic rings. The molecule has 0 aromatic heterocycles. The van der Waals surface area contributed by atoms with Crippen molar-refractivity contribution in [3.05, 3.63) is 0 Å². The first-order valence-corrected chi connectivity index (χ1v) is 46.0. The molecule has 6 amide bonds. The molecular formula is C81H136N6O58. The zero-order chi connectivity index (χ0) is 108. The zero-order valence-electron chi connectivity index (χ0n) is 78.5. The van der Waals surface area contributed by atoms with E-state index in [-0.39, 0.29) is 0 Å². The number of carbonyl (C=O) groups is 7. The SMILES string of the molecule is CC(=O)N[C@H]1[C@H](O[C@@H]([C@H](O)[C@H](CO)NC(C)=O)[C@H](O)CO[C@@H]2O[C@@H](C)[C@@H](O)[C@@H](O)[C@@H]2O)O[C@H](CO)[C@@H](O[C@@H]2O[C@H](CO[C@H]3O[C@H](CO)[C@@H](O)[C@H](O)[C@@H]3O[C@@H]3O[C@H](CO)[C@@H](O)[C@H](O)[C@H]3NC(C)=O)[C@@H](O[C@@H]3O[C@H](CO)[C@@H](O)[C@H](O)[C@H]3NC(C)=O)[C@H](O[C@H]3O[C@H](CO)[C@@H](O)[C@H](O)[C@@H]3O[C@@H]3O[C@H](CO)[C@@H](O[C@@H]4O[C@H](CO[C@]5(C(=O)O)C[C@H](O)[C@@H](NC(C)=O)[C@H]([C@H](O)[C@H](O)CO)O5)[C@H](O)[C@H](O)[C@H]4O)[C@H](O)[C@H]3NC(C)=O)[C@@H]2O)[C@@H]1O. The molecule has 37 N–H and O–H groups in total. The van der Waals surface area contributed by atoms with Crippen LogP contribution in [0.25, 0.3) is 0 Å². The third-order valence-electron chi connectivity index (χ3n) is 26.0. The largest absolute Gasteiger partial charge is 0.477 e. The number of nitrogens with one attached hydrogen (secondary N) is 6. The van der Waals surface area contributed by atoms with E-state index in [0.29, 0.717) is 0 Å². The second-order valence-electron chi connectivity index (χ2n) is 36.5. The Labute approximate surface area is 821 Å². The summed E-state index contributed by atoms with van der Waals surface area (Å²) < 4.78 is 121. The van der Waals surface area contributed by atoms with Gasteiger partial charge in [-0.05, 0) is 6.92 Å². The number of hydrogen-bond acceptors (Lipinski definition) is 57. The molecule has 10 fully saturated rings. The number of aliphatic carboxylic acids is 1. The maximum Gasteiger partial charge on any atom is 0.364 e. The van der Waals surface area contributed by atoms with Crippen LogP contribution in [-0.2, 0) is 128 Å². The summed E-state index contributed by atoms with van der Waals surface area (Å²) in [5.41, 5.74) is 0. The van der Waals surface area contributed by atoms with Gasteiger partial charge in [0.15, 0.2) is 56.6 Å². The Balaban J connectivity index is 1.06. The molecule has 0 bridgehead atoms. The van der Waals surface area contributed by atoms with E-state index in [9.17, 15) is 192 Å². The summed E-state index contributed by atoms with van der Waals surface area (Å²) >= 11 is 0. The fourth-order valence-electron chi connectivity index (χ4n) is 18.3. The molecule has 838 valence electrons. The number of ether oxygens (including phenoxy) is 20. The van der Waals surface area contributed by atoms with Gasteiger partial charge in [0.1, 0.15) is 250 Å². The predicted octanol–water partition coefficient (Wildman–Crippen LogP) is -24.2. The van der Waals surface area contributed by atoms with Crippen molar-refractivity contribution in [1.29, 1.82) is 0 Å². The molecular weight excluding hydrogens is 1980 g/mol. The van der Waals surface area contributed by atoms with Crippen molar-refractivity contribution < 1.29 is 287 Å². The van der Waals surface area contributed by atoms with Crippen LogP contribution >= 0.6 is 0 Å². The van der Waals surface area contributed by atoms with Gasteiger partial charge in [-0.3, -0.25) is 28.8 Å². The van der Waals surface area contributed by atoms with E-state index in [1.54, 1.807) is 0 Å². The van der Waals surface area contributed by atoms with Crippen LogP contribution in [0.3, 0.4) is 0 Å². The summed E-state index contributed by atoms with van der Waals surface area (Å²) in [5.74, 6) is -11.2. The predicted molar refractivity (Wildman–Crippen MR) is 450 cm³/mol. The lowest BCUT2D eigenvalue weighted by atomic mass is 9.88. The number of amides is 6. The molecule has 55 atom stereocenters. The van der Waals surface area contributed by atoms with Gasteiger partial charge in [-0.2, -0.15) is 0 Å². The molecule has 64 nitrogen and oxygen atoms in total. The Morgan fingerprint density at radius 1 is 0.331 bits per heavy atom. The average Bonchev–Trinajstić information content (AvgIpc) is 0.755. The zero-order valence-corrected chi connectivity index (χ0v) is 78.5. The van der Waals surface area contributed by atoms with Crippen LogP contribution in [-0.4, -0.2) is 609 Å². The van der Waals surface area contributed by atoms with Crippen molar-refractivity contribution in [3.8, 4) is 0 Å². The van der Waals surface area contributed by atoms with Crippen molar-refractivity contribution in [3.63, 3.8) is 0 Å². The Morgan fingerprint density at radius 2 is 0.703 bits per heavy atom. The van der Waals surface area contributed by atoms with Crippen molar-refractivity contribution in [1.82, 2.24) is 31.9 Å². The Kier molecular flexibility index (Phi) is 44.5. The minimum Gasteiger partial charge on any atom is -0.477 e. The summed E-state index contributed by atoms with van der Waals surface area (Å²) in [4.78, 5) is 90.9. The average molecular weight is 2120 g/mol. The highest BCUT2D eigenvalue weighted by atomic mass is 16.8. The number of aliphatic hydroxyl groups is 30. The Morgan fingerprint density at radius 3 is 1.16 bits per heavy atom. The first kappa shape index (κ1) is 121. The second kappa shape index (κ2) is 53.2. The molecule has 0 aromatic carbocycles. The standard InChI is InChI=1S/C81H136N6O58/c1-20-44(105)56(117)60(121)75(129-20)126-17-30(104)63(45(106)27(9-88)82-21(2)96)138-73-42(86-25(6)100)54(115)65(36(16-95)134-73)140-77-62(123)68(66(141-71-40(84-23(4)98)52(113)47(108)31(11-90)130-71)38(137-77)18-127-78-69(58(119)49(110)33(13-92)132-78)143-72-41(85-24(5)99)53(114)48(109)32(12-91)131-72)142-79-70(59(120)50(111)34(14-93)133-79)144-74-43(87-26(7)101)55(116)64(35(15-94)135-74)139-76-61(122)57(118)51(112)37(136-76)19-128-81(80(124)125)8-28(102)39(83-22(3)97)67(145-81)46(107)29(103)10-89/h20,27-79,88-95,102-123H,8-19H2,1-7H3,(H,82,96)(H,83,97)(H,84,98)(H,85,99)(H,86,100)(H,87,101)(H,124,125)/t20-,27-,28-,29+,30+,31+,32+,33+,34+,35+,36+,37+,38+,39+,40+,41+,42+,43+,44+,45+,46+,47+,48+,49+,50+,51-,52+,53+,54+,55+,56+,57-,58-,59-,60-,61+,62-,63+,64+,65+,66+,67+,68+,69-,70-,71-,72-,73-,74-,75+,76-,77-,78-,79+,81+/m0/s1. The quantitative estimate of drug-likeness (QED) is 0.0270. The van der Waals surface area contributed by atoms with Crippen molar-refractivity contribution in [2.24, 2.45) is 0 Å². The highest BCUT2D eigenvalue weighted by Crippen LogP contribution is 2.43. The molecule has 10 rings (SSSR count). The van der Waals surface area contributed by atoms with Gasteiger partial charge in [0.25, 0.3) is 5.79 Å². The van der Waals surface area contributed by atoms with Crippen LogP contribution in [0.1, 0.15) is 54.9 Å². The first-order valence-electron chi connectivity index (χ1n) is 46.0. The minimum atomic E-state index is -3.15. The van der Waals surface area contributed by atoms with Gasteiger partial charge in [0.05, 0.1) is 97.0 Å². The molecule has 0 aliphatic carbocycles. The number of hydrogen-bond donors (Lipinski definition) is 37. The van der Waals surface area contributed by atoms with Crippen LogP contribution < -0.4 is 31.9 Å². The summed E-state index contributed by atoms with van der Waals surface area (Å²) in [6.45, 7) is -7.23. The number of carboxylic acid groups (broad SMARTS) is 1. The van der Waals surface area contributed by atoms with Crippen LogP contribution in [0.2, 0.25) is 0 Å². The summed E-state index contributed by atoms with van der Waals surface area (Å²) in [6, 6.07) is -12.0. The summed E-state index contributed by atoms with van der Waals surface area (Å²) in [6.07, 6.45) is -110. The third kappa shape index (κ3) is 28.1. The topological polar surface area (TPSA) is 1000 Å². The fraction of sp³-hybridized carbons (Fsp3) is 0.914. The van der Waals surface area contributed by atoms with Gasteiger partial charge >= 0.3 is 5.97 Å². The van der Waals surface area contributed by atoms with Gasteiger partial charge in [0.2, 0.25) is 35.4 Å². The van der Waals surface area contributed by atoms with Gasteiger partial charge in [-0.15, -0.1) is 0 Å². The molecule has 0 spiro atoms. The van der Waals surface area contributed by atoms with Crippen molar-refractivity contribution in [2.45, 2.75) is 392 Å². The van der Waals surface area contributed by atoms with E-state index in [1.165, 1.54) is 6.92 Å². The molecule has 0 radical (unpaired) electrons. The Bertz CT molecular complexity index is 4090. The minimum absolute atomic E-state index is 0.823. The molecule has 10 aliphatic heterocycles. The molecule has 10 aliphatic rings. The van der Waals surface area contributed by atoms with Gasteiger partial charge in [0, 0.05) is 48.0 Å². The fourth-order valence-corrected chi connectivity index (χ4v) is 18.3. The van der Waals surface area contributed by atoms with E-state index < -0.39 is 457 Å². The third-order valence-corrected chi connectivity index (χ3v) is 26.0. The smallest absolute Gasteiger partial charge is 0.364 e. The molecule has 64 heteroatoms. The summed E-state index contributed by atoms with van der Waals surface area (Å²) in [5, 5.41) is 365. The lowest BCUT2D eigenvalue weighted by Crippen LogP contribution is -2.71. The normalized spacial score (nSPS) is 44.9. The van der Waals surface area contributed by atoms with Crippen molar-refractivity contribution >= 4 is 41.4 Å². The highest BCUT2D eigenvalue weighted by molar-refractivity contribution is 5.77. The molecule has 10 saturated heterocycles. The van der Waals surface area contributed by atoms with E-state index in [4.69, 9.17) is 94.7 Å². The highest BCUT2D eigenvalue weighted by Gasteiger charge is 2.64. The number of carbonyl (C=O) groups excluding carboxylic acids is 6. The summed E-state index contributed by atoms with van der Waals surface area (Å²) in [7, 11) is 0. The number of carboxylic acids is 1. The van der Waals surface area contributed by atoms with E-state index in [1.807, 2.05) is 0 Å². The van der Waals surface area contributed by atoms with E-state index >= 15 is 0 Å². The van der Waals surface area contributed by atoms with E-state index in [0.717, 1.165) is 41.5 Å². The maximum absolute atomic E-state index is 13.5. The molecule has 0 saturated carbocycles. The monoisotopic (exact) mass is 2120 g/mol.